The Morgan fingerprint density at radius 2 is 1.55 bits per heavy atom. The van der Waals surface area contributed by atoms with E-state index in [0.717, 1.165) is 0 Å². The molecule has 2 aliphatic heterocycles. The van der Waals surface area contributed by atoms with Crippen LogP contribution in [-0.2, 0) is 14.7 Å². The summed E-state index contributed by atoms with van der Waals surface area (Å²) in [7, 11) is 1.85. The van der Waals surface area contributed by atoms with Gasteiger partial charge in [-0.05, 0) is 70.1 Å². The zero-order chi connectivity index (χ0) is 21.9. The number of nitrogens with zero attached hydrogens (tertiary/aromatic N) is 1. The minimum absolute atomic E-state index is 0.252. The fraction of sp³-hybridized carbons (Fsp3) is 0.481. The van der Waals surface area contributed by atoms with Crippen molar-refractivity contribution in [2.45, 2.75) is 69.5 Å². The highest BCUT2D eigenvalue weighted by molar-refractivity contribution is 6.51. The van der Waals surface area contributed by atoms with Crippen LogP contribution >= 0.6 is 0 Å². The molecule has 1 saturated heterocycles. The summed E-state index contributed by atoms with van der Waals surface area (Å²) < 4.78 is 13.7. The molecular formula is C27H34BNO2. The zero-order valence-electron chi connectivity index (χ0n) is 19.5. The van der Waals surface area contributed by atoms with Crippen molar-refractivity contribution in [3.63, 3.8) is 0 Å². The maximum Gasteiger partial charge on any atom is 0.490 e. The van der Waals surface area contributed by atoms with Gasteiger partial charge < -0.3 is 14.2 Å². The predicted molar refractivity (Wildman–Crippen MR) is 128 cm³/mol. The average molecular weight is 415 g/mol. The van der Waals surface area contributed by atoms with E-state index in [-0.39, 0.29) is 24.2 Å². The third kappa shape index (κ3) is 2.95. The highest BCUT2D eigenvalue weighted by Crippen LogP contribution is 2.60. The summed E-state index contributed by atoms with van der Waals surface area (Å²) in [5, 5.41) is 0. The van der Waals surface area contributed by atoms with E-state index in [4.69, 9.17) is 9.31 Å². The molecule has 3 aliphatic rings. The Hall–Kier alpha value is -2.04. The third-order valence-corrected chi connectivity index (χ3v) is 8.23. The molecule has 0 radical (unpaired) electrons. The second-order valence-electron chi connectivity index (χ2n) is 10.4. The van der Waals surface area contributed by atoms with E-state index in [0.29, 0.717) is 5.92 Å². The van der Waals surface area contributed by atoms with Gasteiger partial charge in [-0.1, -0.05) is 60.7 Å². The second-order valence-corrected chi connectivity index (χ2v) is 10.4. The molecular weight excluding hydrogens is 381 g/mol. The number of likely N-dealkylation sites (N-methyl/N-ethyl adjacent to an activating group) is 1. The van der Waals surface area contributed by atoms with Gasteiger partial charge >= 0.3 is 7.12 Å². The molecule has 0 unspecified atom stereocenters. The molecule has 0 spiro atoms. The summed E-state index contributed by atoms with van der Waals surface area (Å²) >= 11 is 0. The Morgan fingerprint density at radius 3 is 2.19 bits per heavy atom. The molecule has 1 aliphatic carbocycles. The lowest BCUT2D eigenvalue weighted by atomic mass is 9.51. The molecule has 3 nitrogen and oxygen atoms in total. The van der Waals surface area contributed by atoms with Crippen LogP contribution in [-0.4, -0.2) is 25.4 Å². The van der Waals surface area contributed by atoms with E-state index in [1.807, 2.05) is 0 Å². The van der Waals surface area contributed by atoms with Crippen molar-refractivity contribution in [3.8, 4) is 0 Å². The maximum atomic E-state index is 6.84. The smallest absolute Gasteiger partial charge is 0.401 e. The van der Waals surface area contributed by atoms with Gasteiger partial charge in [-0.25, -0.2) is 0 Å². The summed E-state index contributed by atoms with van der Waals surface area (Å²) in [5.74, 6) is 0.696. The van der Waals surface area contributed by atoms with Crippen molar-refractivity contribution in [2.24, 2.45) is 5.92 Å². The summed E-state index contributed by atoms with van der Waals surface area (Å²) in [6, 6.07) is 19.8. The van der Waals surface area contributed by atoms with E-state index in [1.165, 1.54) is 36.1 Å². The van der Waals surface area contributed by atoms with Crippen LogP contribution in [0.1, 0.15) is 64.0 Å². The van der Waals surface area contributed by atoms with Gasteiger partial charge in [0.15, 0.2) is 0 Å². The van der Waals surface area contributed by atoms with E-state index in [9.17, 15) is 0 Å². The summed E-state index contributed by atoms with van der Waals surface area (Å²) in [4.78, 5) is 2.45. The van der Waals surface area contributed by atoms with Gasteiger partial charge in [0.05, 0.1) is 11.2 Å². The van der Waals surface area contributed by atoms with Crippen molar-refractivity contribution in [2.75, 3.05) is 11.9 Å². The van der Waals surface area contributed by atoms with Gasteiger partial charge in [0.25, 0.3) is 0 Å². The molecule has 2 aromatic rings. The topological polar surface area (TPSA) is 21.7 Å². The van der Waals surface area contributed by atoms with Gasteiger partial charge in [-0.2, -0.15) is 0 Å². The number of para-hydroxylation sites is 1. The van der Waals surface area contributed by atoms with Crippen molar-refractivity contribution in [1.82, 2.24) is 0 Å². The maximum absolute atomic E-state index is 6.84. The van der Waals surface area contributed by atoms with Crippen LogP contribution in [0.15, 0.2) is 66.7 Å². The molecule has 0 bridgehead atoms. The van der Waals surface area contributed by atoms with Crippen LogP contribution < -0.4 is 4.90 Å². The highest BCUT2D eigenvalue weighted by atomic mass is 16.7. The minimum Gasteiger partial charge on any atom is -0.401 e. The van der Waals surface area contributed by atoms with Gasteiger partial charge in [-0.15, -0.1) is 0 Å². The Kier molecular flexibility index (Phi) is 4.87. The van der Waals surface area contributed by atoms with Crippen molar-refractivity contribution in [3.05, 3.63) is 77.9 Å². The lowest BCUT2D eigenvalue weighted by molar-refractivity contribution is 0.00578. The van der Waals surface area contributed by atoms with Gasteiger partial charge in [0.1, 0.15) is 5.44 Å². The molecule has 0 saturated carbocycles. The quantitative estimate of drug-likeness (QED) is 0.446. The van der Waals surface area contributed by atoms with Crippen molar-refractivity contribution in [1.29, 1.82) is 0 Å². The fourth-order valence-corrected chi connectivity index (χ4v) is 5.92. The first-order chi connectivity index (χ1) is 14.8. The first-order valence-corrected chi connectivity index (χ1v) is 11.7. The lowest BCUT2D eigenvalue weighted by Crippen LogP contribution is -2.58. The summed E-state index contributed by atoms with van der Waals surface area (Å²) in [5.41, 5.74) is 2.73. The van der Waals surface area contributed by atoms with Gasteiger partial charge in [0.2, 0.25) is 0 Å². The van der Waals surface area contributed by atoms with Crippen LogP contribution in [0.4, 0.5) is 5.69 Å². The monoisotopic (exact) mass is 415 g/mol. The van der Waals surface area contributed by atoms with Crippen LogP contribution in [0.2, 0.25) is 0 Å². The number of fused-ring (bicyclic) bond motifs is 1. The van der Waals surface area contributed by atoms with E-state index in [1.54, 1.807) is 0 Å². The SMILES string of the molecule is CN1c2ccccc2[C@H]([C@@H]2C=CCCC2)[C@@]1(B1OC(C)(C)C(C)(C)O1)c1ccccc1. The molecule has 5 rings (SSSR count). The molecule has 0 N–H and O–H groups in total. The third-order valence-electron chi connectivity index (χ3n) is 8.23. The molecule has 2 heterocycles. The molecule has 3 atom stereocenters. The van der Waals surface area contributed by atoms with Crippen LogP contribution in [0.3, 0.4) is 0 Å². The molecule has 0 aromatic heterocycles. The average Bonchev–Trinajstić information content (AvgIpc) is 3.16. The molecule has 0 amide bonds. The summed E-state index contributed by atoms with van der Waals surface area (Å²) in [6.07, 6.45) is 8.42. The van der Waals surface area contributed by atoms with E-state index < -0.39 is 5.44 Å². The Bertz CT molecular complexity index is 970. The van der Waals surface area contributed by atoms with Crippen molar-refractivity contribution < 1.29 is 9.31 Å². The highest BCUT2D eigenvalue weighted by Gasteiger charge is 2.68. The van der Waals surface area contributed by atoms with Crippen LogP contribution in [0.5, 0.6) is 0 Å². The normalized spacial score (nSPS) is 31.1. The number of benzene rings is 2. The standard InChI is InChI=1S/C27H34BNO2/c1-25(2)26(3,4)31-28(30-25)27(21-16-10-7-11-17-21)24(20-14-8-6-9-15-20)22-18-12-13-19-23(22)29(27)5/h7-8,10-14,16-20,24H,6,9,15H2,1-5H3/t20-,24+,27-/m1/s1. The molecule has 1 fully saturated rings. The fourth-order valence-electron chi connectivity index (χ4n) is 5.92. The molecule has 31 heavy (non-hydrogen) atoms. The Morgan fingerprint density at radius 1 is 0.903 bits per heavy atom. The number of anilines is 1. The summed E-state index contributed by atoms with van der Waals surface area (Å²) in [6.45, 7) is 8.62. The molecule has 162 valence electrons. The largest absolute Gasteiger partial charge is 0.490 e. The van der Waals surface area contributed by atoms with E-state index in [2.05, 4.69) is 106 Å². The Balaban J connectivity index is 1.77. The number of rotatable bonds is 3. The predicted octanol–water partition coefficient (Wildman–Crippen LogP) is 6.10. The number of allylic oxidation sites excluding steroid dienone is 2. The first-order valence-electron chi connectivity index (χ1n) is 11.7. The van der Waals surface area contributed by atoms with Gasteiger partial charge in [-0.3, -0.25) is 0 Å². The Labute approximate surface area is 187 Å². The minimum atomic E-state index is -0.442. The molecule has 2 aromatic carbocycles. The number of hydrogen-bond acceptors (Lipinski definition) is 3. The van der Waals surface area contributed by atoms with Crippen molar-refractivity contribution >= 4 is 12.8 Å². The van der Waals surface area contributed by atoms with E-state index >= 15 is 0 Å². The zero-order valence-corrected chi connectivity index (χ0v) is 19.5. The number of hydrogen-bond donors (Lipinski definition) is 0. The molecule has 4 heteroatoms. The second kappa shape index (κ2) is 7.25. The lowest BCUT2D eigenvalue weighted by Gasteiger charge is -2.46. The first kappa shape index (κ1) is 20.8. The van der Waals surface area contributed by atoms with Crippen LogP contribution in [0, 0.1) is 5.92 Å². The van der Waals surface area contributed by atoms with Gasteiger partial charge in [0, 0.05) is 18.7 Å². The van der Waals surface area contributed by atoms with Crippen LogP contribution in [0.25, 0.3) is 0 Å².